The van der Waals surface area contributed by atoms with E-state index in [0.29, 0.717) is 6.04 Å². The van der Waals surface area contributed by atoms with Crippen molar-refractivity contribution >= 4 is 0 Å². The molecule has 1 atom stereocenters. The number of rotatable bonds is 7. The normalized spacial score (nSPS) is 17.6. The fourth-order valence-electron chi connectivity index (χ4n) is 2.17. The molecule has 1 N–H and O–H groups in total. The van der Waals surface area contributed by atoms with E-state index in [1.54, 1.807) is 0 Å². The molecule has 1 aromatic heterocycles. The Labute approximate surface area is 104 Å². The van der Waals surface area contributed by atoms with E-state index in [2.05, 4.69) is 35.5 Å². The van der Waals surface area contributed by atoms with Crippen LogP contribution in [0.1, 0.15) is 31.7 Å². The van der Waals surface area contributed by atoms with Crippen LogP contribution in [-0.2, 0) is 13.6 Å². The number of likely N-dealkylation sites (N-methyl/N-ethyl adjacent to an activating group) is 1. The summed E-state index contributed by atoms with van der Waals surface area (Å²) >= 11 is 0. The third-order valence-electron chi connectivity index (χ3n) is 3.50. The predicted molar refractivity (Wildman–Crippen MR) is 69.8 cm³/mol. The van der Waals surface area contributed by atoms with Crippen LogP contribution in [0, 0.1) is 0 Å². The lowest BCUT2D eigenvalue weighted by molar-refractivity contribution is 0.221. The van der Waals surface area contributed by atoms with E-state index in [-0.39, 0.29) is 0 Å². The molecule has 1 fully saturated rings. The van der Waals surface area contributed by atoms with Crippen molar-refractivity contribution in [1.82, 2.24) is 20.0 Å². The number of hydrogen-bond acceptors (Lipinski definition) is 3. The molecule has 1 saturated carbocycles. The minimum absolute atomic E-state index is 0.621. The maximum atomic E-state index is 4.21. The van der Waals surface area contributed by atoms with Gasteiger partial charge in [0.05, 0.1) is 6.20 Å². The summed E-state index contributed by atoms with van der Waals surface area (Å²) < 4.78 is 1.87. The smallest absolute Gasteiger partial charge is 0.0534 e. The van der Waals surface area contributed by atoms with Gasteiger partial charge < -0.3 is 5.32 Å². The standard InChI is InChI=1S/C13H24N4/c1-4-13(8-14-12-5-6-12)16(2)9-11-7-15-17(3)10-11/h7,10,12-14H,4-6,8-9H2,1-3H3. The Morgan fingerprint density at radius 3 is 2.88 bits per heavy atom. The SMILES string of the molecule is CCC(CNC1CC1)N(C)Cc1cnn(C)c1. The first-order chi connectivity index (χ1) is 8.19. The van der Waals surface area contributed by atoms with Crippen LogP contribution in [-0.4, -0.2) is 40.4 Å². The van der Waals surface area contributed by atoms with E-state index in [1.165, 1.54) is 24.8 Å². The maximum Gasteiger partial charge on any atom is 0.0534 e. The first-order valence-corrected chi connectivity index (χ1v) is 6.60. The van der Waals surface area contributed by atoms with Crippen molar-refractivity contribution in [2.75, 3.05) is 13.6 Å². The van der Waals surface area contributed by atoms with Crippen LogP contribution in [0.4, 0.5) is 0 Å². The Kier molecular flexibility index (Phi) is 4.18. The van der Waals surface area contributed by atoms with Crippen LogP contribution in [0.5, 0.6) is 0 Å². The molecular weight excluding hydrogens is 212 g/mol. The van der Waals surface area contributed by atoms with Gasteiger partial charge in [0, 0.05) is 44.0 Å². The van der Waals surface area contributed by atoms with Crippen molar-refractivity contribution in [1.29, 1.82) is 0 Å². The van der Waals surface area contributed by atoms with Crippen molar-refractivity contribution in [3.05, 3.63) is 18.0 Å². The summed E-state index contributed by atoms with van der Waals surface area (Å²) in [7, 11) is 4.17. The van der Waals surface area contributed by atoms with Gasteiger partial charge in [-0.25, -0.2) is 0 Å². The van der Waals surface area contributed by atoms with Gasteiger partial charge in [-0.3, -0.25) is 9.58 Å². The lowest BCUT2D eigenvalue weighted by Crippen LogP contribution is -2.39. The van der Waals surface area contributed by atoms with Crippen molar-refractivity contribution in [3.63, 3.8) is 0 Å². The molecule has 17 heavy (non-hydrogen) atoms. The number of nitrogens with one attached hydrogen (secondary N) is 1. The Morgan fingerprint density at radius 2 is 2.35 bits per heavy atom. The van der Waals surface area contributed by atoms with Gasteiger partial charge in [-0.2, -0.15) is 5.10 Å². The first kappa shape index (κ1) is 12.6. The summed E-state index contributed by atoms with van der Waals surface area (Å²) in [6.07, 6.45) is 7.97. The van der Waals surface area contributed by atoms with Crippen LogP contribution in [0.2, 0.25) is 0 Å². The van der Waals surface area contributed by atoms with Crippen LogP contribution in [0.25, 0.3) is 0 Å². The molecule has 96 valence electrons. The lowest BCUT2D eigenvalue weighted by atomic mass is 10.2. The average Bonchev–Trinajstić information content (AvgIpc) is 3.03. The highest BCUT2D eigenvalue weighted by molar-refractivity contribution is 5.03. The second-order valence-corrected chi connectivity index (χ2v) is 5.18. The zero-order valence-corrected chi connectivity index (χ0v) is 11.2. The van der Waals surface area contributed by atoms with Gasteiger partial charge in [-0.05, 0) is 26.3 Å². The molecule has 2 rings (SSSR count). The summed E-state index contributed by atoms with van der Waals surface area (Å²) in [5, 5.41) is 7.83. The molecule has 0 spiro atoms. The first-order valence-electron chi connectivity index (χ1n) is 6.60. The Hall–Kier alpha value is -0.870. The molecule has 1 aliphatic carbocycles. The van der Waals surface area contributed by atoms with E-state index in [9.17, 15) is 0 Å². The zero-order chi connectivity index (χ0) is 12.3. The quantitative estimate of drug-likeness (QED) is 0.776. The third kappa shape index (κ3) is 3.82. The van der Waals surface area contributed by atoms with Crippen molar-refractivity contribution < 1.29 is 0 Å². The molecule has 1 unspecified atom stereocenters. The fraction of sp³-hybridized carbons (Fsp3) is 0.769. The predicted octanol–water partition coefficient (Wildman–Crippen LogP) is 1.38. The summed E-state index contributed by atoms with van der Waals surface area (Å²) in [6, 6.07) is 1.42. The number of aryl methyl sites for hydroxylation is 1. The molecule has 0 radical (unpaired) electrons. The van der Waals surface area contributed by atoms with Gasteiger partial charge in [-0.1, -0.05) is 6.92 Å². The Bertz CT molecular complexity index is 343. The highest BCUT2D eigenvalue weighted by Crippen LogP contribution is 2.19. The van der Waals surface area contributed by atoms with Gasteiger partial charge >= 0.3 is 0 Å². The summed E-state index contributed by atoms with van der Waals surface area (Å²) in [5.74, 6) is 0. The topological polar surface area (TPSA) is 33.1 Å². The third-order valence-corrected chi connectivity index (χ3v) is 3.50. The zero-order valence-electron chi connectivity index (χ0n) is 11.2. The van der Waals surface area contributed by atoms with Crippen LogP contribution in [0.3, 0.4) is 0 Å². The highest BCUT2D eigenvalue weighted by Gasteiger charge is 2.22. The number of aromatic nitrogens is 2. The van der Waals surface area contributed by atoms with Crippen molar-refractivity contribution in [2.24, 2.45) is 7.05 Å². The maximum absolute atomic E-state index is 4.21. The summed E-state index contributed by atoms with van der Waals surface area (Å²) in [5.41, 5.74) is 1.29. The van der Waals surface area contributed by atoms with Crippen LogP contribution >= 0.6 is 0 Å². The monoisotopic (exact) mass is 236 g/mol. The van der Waals surface area contributed by atoms with E-state index >= 15 is 0 Å². The van der Waals surface area contributed by atoms with E-state index in [0.717, 1.165) is 19.1 Å². The van der Waals surface area contributed by atoms with Crippen LogP contribution < -0.4 is 5.32 Å². The molecule has 0 aromatic carbocycles. The highest BCUT2D eigenvalue weighted by atomic mass is 15.2. The average molecular weight is 236 g/mol. The van der Waals surface area contributed by atoms with Crippen LogP contribution in [0.15, 0.2) is 12.4 Å². The summed E-state index contributed by atoms with van der Waals surface area (Å²) in [4.78, 5) is 2.42. The number of nitrogens with zero attached hydrogens (tertiary/aromatic N) is 3. The molecular formula is C13H24N4. The second kappa shape index (κ2) is 5.65. The summed E-state index contributed by atoms with van der Waals surface area (Å²) in [6.45, 7) is 4.36. The molecule has 0 saturated heterocycles. The van der Waals surface area contributed by atoms with Gasteiger partial charge in [-0.15, -0.1) is 0 Å². The molecule has 0 amide bonds. The minimum atomic E-state index is 0.621. The van der Waals surface area contributed by atoms with Gasteiger partial charge in [0.25, 0.3) is 0 Å². The van der Waals surface area contributed by atoms with E-state index < -0.39 is 0 Å². The molecule has 0 aliphatic heterocycles. The molecule has 1 heterocycles. The number of hydrogen-bond donors (Lipinski definition) is 1. The van der Waals surface area contributed by atoms with Gasteiger partial charge in [0.2, 0.25) is 0 Å². The van der Waals surface area contributed by atoms with E-state index in [4.69, 9.17) is 0 Å². The Balaban J connectivity index is 1.80. The minimum Gasteiger partial charge on any atom is -0.312 e. The van der Waals surface area contributed by atoms with E-state index in [1.807, 2.05) is 17.9 Å². The van der Waals surface area contributed by atoms with Gasteiger partial charge in [0.15, 0.2) is 0 Å². The molecule has 4 heteroatoms. The molecule has 0 bridgehead atoms. The van der Waals surface area contributed by atoms with Gasteiger partial charge in [0.1, 0.15) is 0 Å². The van der Waals surface area contributed by atoms with Crippen molar-refractivity contribution in [3.8, 4) is 0 Å². The fourth-order valence-corrected chi connectivity index (χ4v) is 2.17. The van der Waals surface area contributed by atoms with Crippen molar-refractivity contribution in [2.45, 2.75) is 44.8 Å². The largest absolute Gasteiger partial charge is 0.312 e. The second-order valence-electron chi connectivity index (χ2n) is 5.18. The molecule has 1 aliphatic rings. The molecule has 1 aromatic rings. The molecule has 4 nitrogen and oxygen atoms in total. The Morgan fingerprint density at radius 1 is 1.59 bits per heavy atom. The lowest BCUT2D eigenvalue weighted by Gasteiger charge is -2.27.